The van der Waals surface area contributed by atoms with Crippen LogP contribution in [0.25, 0.3) is 0 Å². The molecule has 2 unspecified atom stereocenters. The van der Waals surface area contributed by atoms with E-state index in [9.17, 15) is 4.79 Å². The Balaban J connectivity index is 2.62. The normalized spacial score (nSPS) is 21.6. The largest absolute Gasteiger partial charge is 0.465 e. The highest BCUT2D eigenvalue weighted by Gasteiger charge is 2.37. The van der Waals surface area contributed by atoms with Gasteiger partial charge in [0.15, 0.2) is 0 Å². The zero-order chi connectivity index (χ0) is 13.6. The number of nitrogens with zero attached hydrogens (tertiary/aromatic N) is 1. The summed E-state index contributed by atoms with van der Waals surface area (Å²) in [6.45, 7) is 11.6. The Morgan fingerprint density at radius 1 is 1.39 bits per heavy atom. The Labute approximate surface area is 111 Å². The minimum absolute atomic E-state index is 0.127. The number of esters is 1. The first-order valence-corrected chi connectivity index (χ1v) is 7.19. The summed E-state index contributed by atoms with van der Waals surface area (Å²) in [6.07, 6.45) is 3.36. The van der Waals surface area contributed by atoms with Crippen molar-refractivity contribution in [2.24, 2.45) is 0 Å². The average Bonchev–Trinajstić information content (AvgIpc) is 2.83. The number of carbonyl (C=O) groups is 1. The summed E-state index contributed by atoms with van der Waals surface area (Å²) < 4.78 is 5.20. The summed E-state index contributed by atoms with van der Waals surface area (Å²) in [5.74, 6) is -0.127. The zero-order valence-electron chi connectivity index (χ0n) is 12.3. The molecule has 2 atom stereocenters. The van der Waals surface area contributed by atoms with Gasteiger partial charge in [-0.25, -0.2) is 0 Å². The molecular weight excluding hydrogens is 228 g/mol. The number of hydrogen-bond acceptors (Lipinski definition) is 4. The van der Waals surface area contributed by atoms with Crippen LogP contribution in [-0.4, -0.2) is 48.7 Å². The molecule has 1 saturated heterocycles. The lowest BCUT2D eigenvalue weighted by atomic mass is 9.93. The van der Waals surface area contributed by atoms with Gasteiger partial charge in [-0.2, -0.15) is 0 Å². The van der Waals surface area contributed by atoms with E-state index >= 15 is 0 Å². The quantitative estimate of drug-likeness (QED) is 0.705. The van der Waals surface area contributed by atoms with Crippen LogP contribution in [-0.2, 0) is 9.53 Å². The Bertz CT molecular complexity index is 265. The molecule has 4 heteroatoms. The Hall–Kier alpha value is -0.610. The second-order valence-corrected chi connectivity index (χ2v) is 5.38. The summed E-state index contributed by atoms with van der Waals surface area (Å²) in [5.41, 5.74) is -0.563. The fraction of sp³-hybridized carbons (Fsp3) is 0.929. The second-order valence-electron chi connectivity index (χ2n) is 5.38. The van der Waals surface area contributed by atoms with Crippen LogP contribution in [0.3, 0.4) is 0 Å². The van der Waals surface area contributed by atoms with E-state index in [-0.39, 0.29) is 5.97 Å². The monoisotopic (exact) mass is 256 g/mol. The molecule has 1 aliphatic rings. The van der Waals surface area contributed by atoms with E-state index in [1.807, 2.05) is 20.8 Å². The molecule has 18 heavy (non-hydrogen) atoms. The number of carbonyl (C=O) groups excluding carboxylic acids is 1. The van der Waals surface area contributed by atoms with E-state index < -0.39 is 5.54 Å². The molecule has 0 radical (unpaired) electrons. The molecule has 0 aliphatic carbocycles. The van der Waals surface area contributed by atoms with Crippen LogP contribution < -0.4 is 5.32 Å². The van der Waals surface area contributed by atoms with Gasteiger partial charge in [0.1, 0.15) is 5.54 Å². The molecule has 1 N–H and O–H groups in total. The first-order valence-electron chi connectivity index (χ1n) is 7.19. The van der Waals surface area contributed by atoms with E-state index in [1.54, 1.807) is 0 Å². The van der Waals surface area contributed by atoms with Crippen molar-refractivity contribution in [3.8, 4) is 0 Å². The molecule has 0 bridgehead atoms. The van der Waals surface area contributed by atoms with Crippen molar-refractivity contribution in [2.75, 3.05) is 26.2 Å². The molecule has 0 aromatic rings. The van der Waals surface area contributed by atoms with E-state index in [0.717, 1.165) is 26.1 Å². The maximum Gasteiger partial charge on any atom is 0.326 e. The van der Waals surface area contributed by atoms with Gasteiger partial charge in [-0.1, -0.05) is 6.92 Å². The van der Waals surface area contributed by atoms with Gasteiger partial charge in [0, 0.05) is 6.04 Å². The van der Waals surface area contributed by atoms with Crippen LogP contribution in [0.2, 0.25) is 0 Å². The number of likely N-dealkylation sites (tertiary alicyclic amines) is 1. The zero-order valence-corrected chi connectivity index (χ0v) is 12.3. The van der Waals surface area contributed by atoms with Crippen LogP contribution in [0.5, 0.6) is 0 Å². The molecule has 1 rings (SSSR count). The molecular formula is C14H28N2O2. The van der Waals surface area contributed by atoms with Crippen molar-refractivity contribution in [1.82, 2.24) is 10.2 Å². The molecule has 106 valence electrons. The standard InChI is InChI=1S/C14H28N2O2/c1-5-15-14(4,13(17)18-6-2)11-12(3)16-9-7-8-10-16/h12,15H,5-11H2,1-4H3. The van der Waals surface area contributed by atoms with Gasteiger partial charge in [0.2, 0.25) is 0 Å². The van der Waals surface area contributed by atoms with Crippen molar-refractivity contribution in [3.63, 3.8) is 0 Å². The maximum atomic E-state index is 12.1. The highest BCUT2D eigenvalue weighted by Crippen LogP contribution is 2.21. The third kappa shape index (κ3) is 3.95. The molecule has 1 heterocycles. The number of ether oxygens (including phenoxy) is 1. The van der Waals surface area contributed by atoms with Crippen LogP contribution in [0.1, 0.15) is 47.0 Å². The van der Waals surface area contributed by atoms with Crippen LogP contribution >= 0.6 is 0 Å². The fourth-order valence-electron chi connectivity index (χ4n) is 2.81. The number of nitrogens with one attached hydrogen (secondary N) is 1. The van der Waals surface area contributed by atoms with Crippen molar-refractivity contribution < 1.29 is 9.53 Å². The van der Waals surface area contributed by atoms with Crippen LogP contribution in [0.15, 0.2) is 0 Å². The van der Waals surface area contributed by atoms with Crippen molar-refractivity contribution in [1.29, 1.82) is 0 Å². The van der Waals surface area contributed by atoms with E-state index in [1.165, 1.54) is 12.8 Å². The van der Waals surface area contributed by atoms with Crippen molar-refractivity contribution in [3.05, 3.63) is 0 Å². The summed E-state index contributed by atoms with van der Waals surface area (Å²) in [4.78, 5) is 14.6. The van der Waals surface area contributed by atoms with Crippen molar-refractivity contribution in [2.45, 2.75) is 58.5 Å². The Kier molecular flexibility index (Phi) is 6.09. The van der Waals surface area contributed by atoms with E-state index in [2.05, 4.69) is 17.1 Å². The van der Waals surface area contributed by atoms with Crippen LogP contribution in [0.4, 0.5) is 0 Å². The summed E-state index contributed by atoms with van der Waals surface area (Å²) in [7, 11) is 0. The van der Waals surface area contributed by atoms with Gasteiger partial charge in [-0.15, -0.1) is 0 Å². The molecule has 1 aliphatic heterocycles. The number of rotatable bonds is 7. The lowest BCUT2D eigenvalue weighted by Gasteiger charge is -2.34. The minimum atomic E-state index is -0.563. The first-order chi connectivity index (χ1) is 8.53. The SMILES string of the molecule is CCNC(C)(CC(C)N1CCCC1)C(=O)OCC. The summed E-state index contributed by atoms with van der Waals surface area (Å²) in [6, 6.07) is 0.418. The maximum absolute atomic E-state index is 12.1. The van der Waals surface area contributed by atoms with Crippen LogP contribution in [0, 0.1) is 0 Å². The predicted molar refractivity (Wildman–Crippen MR) is 73.6 cm³/mol. The van der Waals surface area contributed by atoms with Gasteiger partial charge in [-0.3, -0.25) is 4.79 Å². The fourth-order valence-corrected chi connectivity index (χ4v) is 2.81. The van der Waals surface area contributed by atoms with E-state index in [4.69, 9.17) is 4.74 Å². The topological polar surface area (TPSA) is 41.6 Å². The van der Waals surface area contributed by atoms with Crippen molar-refractivity contribution >= 4 is 5.97 Å². The summed E-state index contributed by atoms with van der Waals surface area (Å²) in [5, 5.41) is 3.30. The smallest absolute Gasteiger partial charge is 0.326 e. The van der Waals surface area contributed by atoms with Gasteiger partial charge >= 0.3 is 5.97 Å². The lowest BCUT2D eigenvalue weighted by Crippen LogP contribution is -2.54. The molecule has 0 aromatic heterocycles. The Morgan fingerprint density at radius 3 is 2.50 bits per heavy atom. The molecule has 0 amide bonds. The molecule has 0 spiro atoms. The first kappa shape index (κ1) is 15.4. The van der Waals surface area contributed by atoms with Gasteiger partial charge in [-0.05, 0) is 59.7 Å². The molecule has 0 aromatic carbocycles. The van der Waals surface area contributed by atoms with E-state index in [0.29, 0.717) is 12.6 Å². The second kappa shape index (κ2) is 7.10. The van der Waals surface area contributed by atoms with Gasteiger partial charge in [0.05, 0.1) is 6.61 Å². The third-order valence-corrected chi connectivity index (χ3v) is 3.76. The highest BCUT2D eigenvalue weighted by molar-refractivity contribution is 5.80. The molecule has 4 nitrogen and oxygen atoms in total. The van der Waals surface area contributed by atoms with Gasteiger partial charge < -0.3 is 15.0 Å². The number of hydrogen-bond donors (Lipinski definition) is 1. The molecule has 1 fully saturated rings. The number of likely N-dealkylation sites (N-methyl/N-ethyl adjacent to an activating group) is 1. The third-order valence-electron chi connectivity index (χ3n) is 3.76. The predicted octanol–water partition coefficient (Wildman–Crippen LogP) is 1.79. The van der Waals surface area contributed by atoms with Gasteiger partial charge in [0.25, 0.3) is 0 Å². The summed E-state index contributed by atoms with van der Waals surface area (Å²) >= 11 is 0. The Morgan fingerprint density at radius 2 is 2.00 bits per heavy atom. The lowest BCUT2D eigenvalue weighted by molar-refractivity contribution is -0.151. The molecule has 0 saturated carbocycles. The minimum Gasteiger partial charge on any atom is -0.465 e. The average molecular weight is 256 g/mol. The highest BCUT2D eigenvalue weighted by atomic mass is 16.5.